The molecule has 2 aliphatic carbocycles. The van der Waals surface area contributed by atoms with Crippen LogP contribution in [0.15, 0.2) is 279 Å². The first-order valence-corrected chi connectivity index (χ1v) is 24.3. The Hall–Kier alpha value is -8.98. The van der Waals surface area contributed by atoms with Gasteiger partial charge in [0.15, 0.2) is 0 Å². The van der Waals surface area contributed by atoms with Crippen LogP contribution in [0.3, 0.4) is 0 Å². The predicted molar refractivity (Wildman–Crippen MR) is 290 cm³/mol. The number of hydrogen-bond donors (Lipinski definition) is 0. The number of benzene rings is 11. The monoisotopic (exact) mass is 890 g/mol. The molecule has 14 rings (SSSR count). The van der Waals surface area contributed by atoms with Crippen molar-refractivity contribution in [1.29, 1.82) is 0 Å². The van der Waals surface area contributed by atoms with Crippen molar-refractivity contribution < 1.29 is 0 Å². The van der Waals surface area contributed by atoms with Gasteiger partial charge >= 0.3 is 0 Å². The van der Waals surface area contributed by atoms with E-state index in [1.165, 1.54) is 83.1 Å². The van der Waals surface area contributed by atoms with E-state index < -0.39 is 10.8 Å². The zero-order valence-corrected chi connectivity index (χ0v) is 38.5. The van der Waals surface area contributed by atoms with Gasteiger partial charge in [-0.05, 0) is 121 Å². The van der Waals surface area contributed by atoms with E-state index in [9.17, 15) is 0 Å². The molecule has 11 aromatic carbocycles. The number of nitrogens with zero attached hydrogens (tertiary/aromatic N) is 2. The number of anilines is 3. The Morgan fingerprint density at radius 2 is 0.786 bits per heavy atom. The second kappa shape index (κ2) is 15.8. The number of para-hydroxylation sites is 2. The lowest BCUT2D eigenvalue weighted by atomic mass is 9.51. The Balaban J connectivity index is 1.01. The minimum Gasteiger partial charge on any atom is -0.310 e. The molecule has 2 aliphatic rings. The summed E-state index contributed by atoms with van der Waals surface area (Å²) >= 11 is 0. The van der Waals surface area contributed by atoms with Gasteiger partial charge in [-0.2, -0.15) is 0 Å². The molecule has 0 aliphatic heterocycles. The first-order valence-electron chi connectivity index (χ1n) is 24.3. The fourth-order valence-electron chi connectivity index (χ4n) is 12.6. The van der Waals surface area contributed by atoms with Crippen molar-refractivity contribution in [3.8, 4) is 27.9 Å². The van der Waals surface area contributed by atoms with E-state index in [2.05, 4.69) is 289 Å². The highest BCUT2D eigenvalue weighted by Crippen LogP contribution is 2.66. The lowest BCUT2D eigenvalue weighted by Crippen LogP contribution is -2.44. The average molecular weight is 891 g/mol. The van der Waals surface area contributed by atoms with Crippen LogP contribution in [0, 0.1) is 0 Å². The Morgan fingerprint density at radius 1 is 0.286 bits per heavy atom. The highest BCUT2D eigenvalue weighted by Gasteiger charge is 2.57. The molecule has 0 saturated heterocycles. The van der Waals surface area contributed by atoms with Gasteiger partial charge in [0.2, 0.25) is 0 Å². The number of hydrogen-bond acceptors (Lipinski definition) is 1. The van der Waals surface area contributed by atoms with Gasteiger partial charge < -0.3 is 9.47 Å². The summed E-state index contributed by atoms with van der Waals surface area (Å²) in [6.07, 6.45) is 0. The Morgan fingerprint density at radius 3 is 1.53 bits per heavy atom. The van der Waals surface area contributed by atoms with Crippen LogP contribution in [0.25, 0.3) is 49.7 Å². The fourth-order valence-corrected chi connectivity index (χ4v) is 12.6. The molecular formula is C68H46N2. The Kier molecular flexibility index (Phi) is 9.06. The van der Waals surface area contributed by atoms with Gasteiger partial charge in [-0.25, -0.2) is 0 Å². The quantitative estimate of drug-likeness (QED) is 0.148. The fraction of sp³-hybridized carbons (Fsp3) is 0.0294. The smallest absolute Gasteiger partial charge is 0.0720 e. The van der Waals surface area contributed by atoms with Gasteiger partial charge in [0.25, 0.3) is 0 Å². The van der Waals surface area contributed by atoms with Crippen LogP contribution in [-0.4, -0.2) is 4.57 Å². The molecule has 1 heterocycles. The highest BCUT2D eigenvalue weighted by molar-refractivity contribution is 6.10. The average Bonchev–Trinajstić information content (AvgIpc) is 3.94. The van der Waals surface area contributed by atoms with E-state index in [1.807, 2.05) is 0 Å². The van der Waals surface area contributed by atoms with Crippen molar-refractivity contribution >= 4 is 38.9 Å². The molecule has 2 unspecified atom stereocenters. The van der Waals surface area contributed by atoms with Gasteiger partial charge in [0, 0.05) is 33.5 Å². The molecule has 0 saturated carbocycles. The van der Waals surface area contributed by atoms with Crippen molar-refractivity contribution in [3.05, 3.63) is 324 Å². The molecule has 70 heavy (non-hydrogen) atoms. The van der Waals surface area contributed by atoms with Crippen LogP contribution >= 0.6 is 0 Å². The van der Waals surface area contributed by atoms with Crippen molar-refractivity contribution in [2.75, 3.05) is 4.90 Å². The van der Waals surface area contributed by atoms with Crippen LogP contribution in [0.2, 0.25) is 0 Å². The zero-order valence-electron chi connectivity index (χ0n) is 38.5. The lowest BCUT2D eigenvalue weighted by molar-refractivity contribution is 0.627. The van der Waals surface area contributed by atoms with Crippen LogP contribution in [0.5, 0.6) is 0 Å². The van der Waals surface area contributed by atoms with Gasteiger partial charge in [-0.15, -0.1) is 0 Å². The number of fused-ring (bicyclic) bond motifs is 8. The summed E-state index contributed by atoms with van der Waals surface area (Å²) in [5.74, 6) is 0. The topological polar surface area (TPSA) is 8.17 Å². The maximum absolute atomic E-state index is 2.47. The summed E-state index contributed by atoms with van der Waals surface area (Å²) in [4.78, 5) is 2.44. The molecule has 0 radical (unpaired) electrons. The van der Waals surface area contributed by atoms with E-state index in [1.54, 1.807) is 0 Å². The number of rotatable bonds is 8. The second-order valence-electron chi connectivity index (χ2n) is 18.7. The normalized spacial score (nSPS) is 16.4. The summed E-state index contributed by atoms with van der Waals surface area (Å²) in [6, 6.07) is 104. The molecule has 2 nitrogen and oxygen atoms in total. The lowest BCUT2D eigenvalue weighted by Gasteiger charge is -2.49. The summed E-state index contributed by atoms with van der Waals surface area (Å²) in [7, 11) is 0. The zero-order chi connectivity index (χ0) is 46.2. The third-order valence-electron chi connectivity index (χ3n) is 15.3. The van der Waals surface area contributed by atoms with Crippen molar-refractivity contribution in [3.63, 3.8) is 0 Å². The molecule has 0 N–H and O–H groups in total. The first-order chi connectivity index (χ1) is 34.7. The molecule has 2 heteroatoms. The van der Waals surface area contributed by atoms with Gasteiger partial charge in [0.1, 0.15) is 0 Å². The maximum atomic E-state index is 2.47. The minimum atomic E-state index is -0.676. The highest BCUT2D eigenvalue weighted by atomic mass is 15.1. The molecule has 0 fully saturated rings. The molecule has 0 amide bonds. The van der Waals surface area contributed by atoms with Crippen molar-refractivity contribution in [2.24, 2.45) is 0 Å². The van der Waals surface area contributed by atoms with Gasteiger partial charge in [-0.3, -0.25) is 0 Å². The van der Waals surface area contributed by atoms with E-state index in [0.29, 0.717) is 0 Å². The molecule has 1 aromatic heterocycles. The summed E-state index contributed by atoms with van der Waals surface area (Å²) < 4.78 is 2.43. The standard InChI is InChI=1S/C68H46N2/c1-5-21-47(22-6-1)48-39-41-53(42-40-48)70-64-38-18-14-32-57(64)58-44-43-55(46-65(58)70)69(52-28-11-4-12-29-52)54-30-19-27-51(45-54)67(49-23-7-2-8-24-49)61-35-16-17-36-62(61)68(50-25-9-3-10-26-50)60-34-15-13-31-56(60)59-33-20-37-63(67)66(59)68/h1-46H. The Labute approximate surface area is 408 Å². The van der Waals surface area contributed by atoms with Crippen molar-refractivity contribution in [1.82, 2.24) is 4.57 Å². The van der Waals surface area contributed by atoms with E-state index in [-0.39, 0.29) is 0 Å². The maximum Gasteiger partial charge on any atom is 0.0720 e. The summed E-state index contributed by atoms with van der Waals surface area (Å²) in [5, 5.41) is 2.45. The number of aromatic nitrogens is 1. The predicted octanol–water partition coefficient (Wildman–Crippen LogP) is 17.0. The van der Waals surface area contributed by atoms with Crippen LogP contribution in [-0.2, 0) is 10.8 Å². The SMILES string of the molecule is c1ccc(-c2ccc(-n3c4ccccc4c4ccc(N(c5ccccc5)c5cccc(C6(c7ccccc7)c7ccccc7C7(c8ccccc8)c8ccccc8-c8cccc6c87)c5)cc43)cc2)cc1. The Bertz CT molecular complexity index is 3930. The van der Waals surface area contributed by atoms with Crippen LogP contribution < -0.4 is 4.90 Å². The summed E-state index contributed by atoms with van der Waals surface area (Å²) in [6.45, 7) is 0. The van der Waals surface area contributed by atoms with Gasteiger partial charge in [0.05, 0.1) is 21.9 Å². The van der Waals surface area contributed by atoms with Crippen LogP contribution in [0.4, 0.5) is 17.1 Å². The molecule has 2 atom stereocenters. The first kappa shape index (κ1) is 40.1. The summed E-state index contributed by atoms with van der Waals surface area (Å²) in [5.41, 5.74) is 20.9. The van der Waals surface area contributed by atoms with Crippen LogP contribution in [0.1, 0.15) is 44.5 Å². The molecule has 12 aromatic rings. The minimum absolute atomic E-state index is 0.512. The largest absolute Gasteiger partial charge is 0.310 e. The van der Waals surface area contributed by atoms with Crippen molar-refractivity contribution in [2.45, 2.75) is 10.8 Å². The van der Waals surface area contributed by atoms with Gasteiger partial charge in [-0.1, -0.05) is 224 Å². The molecular weight excluding hydrogens is 845 g/mol. The molecule has 0 spiro atoms. The third-order valence-corrected chi connectivity index (χ3v) is 15.3. The van der Waals surface area contributed by atoms with E-state index in [0.717, 1.165) is 28.3 Å². The third kappa shape index (κ3) is 5.68. The molecule has 328 valence electrons. The van der Waals surface area contributed by atoms with E-state index >= 15 is 0 Å². The van der Waals surface area contributed by atoms with E-state index in [4.69, 9.17) is 0 Å². The second-order valence-corrected chi connectivity index (χ2v) is 18.7. The molecule has 0 bridgehead atoms.